The highest BCUT2D eigenvalue weighted by Gasteiger charge is 2.11. The summed E-state index contributed by atoms with van der Waals surface area (Å²) in [5.74, 6) is -0.410. The molecule has 0 unspecified atom stereocenters. The molecule has 3 N–H and O–H groups in total. The number of nitrogens with two attached hydrogens (primary N) is 1. The standard InChI is InChI=1S/C15H17N.C2H4O2/c16-12-11-15(13-7-3-1-4-8-13)14-9-5-2-6-10-14;1-2(3)4/h1-10,15H,11-12,16H2;1H3,(H,3,4). The average molecular weight is 271 g/mol. The minimum absolute atomic E-state index is 0.424. The third-order valence-corrected chi connectivity index (χ3v) is 2.86. The van der Waals surface area contributed by atoms with Crippen LogP contribution in [0.1, 0.15) is 30.4 Å². The van der Waals surface area contributed by atoms with Gasteiger partial charge in [-0.25, -0.2) is 0 Å². The third kappa shape index (κ3) is 5.67. The van der Waals surface area contributed by atoms with Crippen molar-refractivity contribution in [1.82, 2.24) is 0 Å². The number of carbonyl (C=O) groups is 1. The molecule has 2 aromatic carbocycles. The Kier molecular flexibility index (Phi) is 7.07. The molecule has 0 saturated carbocycles. The highest BCUT2D eigenvalue weighted by molar-refractivity contribution is 5.62. The van der Waals surface area contributed by atoms with Crippen LogP contribution >= 0.6 is 0 Å². The second-order valence-corrected chi connectivity index (χ2v) is 4.47. The largest absolute Gasteiger partial charge is 0.481 e. The van der Waals surface area contributed by atoms with Gasteiger partial charge in [0.2, 0.25) is 0 Å². The molecular weight excluding hydrogens is 250 g/mol. The van der Waals surface area contributed by atoms with Gasteiger partial charge in [0.25, 0.3) is 5.97 Å². The lowest BCUT2D eigenvalue weighted by Crippen LogP contribution is -2.08. The quantitative estimate of drug-likeness (QED) is 0.897. The summed E-state index contributed by atoms with van der Waals surface area (Å²) in [4.78, 5) is 9.00. The van der Waals surface area contributed by atoms with Gasteiger partial charge in [0.1, 0.15) is 0 Å². The molecule has 3 nitrogen and oxygen atoms in total. The van der Waals surface area contributed by atoms with Crippen molar-refractivity contribution in [2.24, 2.45) is 5.73 Å². The summed E-state index contributed by atoms with van der Waals surface area (Å²) >= 11 is 0. The normalized spacial score (nSPS) is 9.75. The lowest BCUT2D eigenvalue weighted by atomic mass is 9.89. The zero-order chi connectivity index (χ0) is 14.8. The highest BCUT2D eigenvalue weighted by Crippen LogP contribution is 2.26. The predicted octanol–water partition coefficient (Wildman–Crippen LogP) is 3.26. The summed E-state index contributed by atoms with van der Waals surface area (Å²) < 4.78 is 0. The van der Waals surface area contributed by atoms with Crippen LogP contribution in [0.4, 0.5) is 0 Å². The first-order valence-corrected chi connectivity index (χ1v) is 6.64. The van der Waals surface area contributed by atoms with Gasteiger partial charge in [-0.05, 0) is 24.1 Å². The lowest BCUT2D eigenvalue weighted by Gasteiger charge is -2.16. The maximum absolute atomic E-state index is 9.00. The molecule has 0 bridgehead atoms. The molecule has 0 aromatic heterocycles. The number of aliphatic carboxylic acids is 1. The first-order chi connectivity index (χ1) is 9.65. The van der Waals surface area contributed by atoms with Gasteiger partial charge in [0.15, 0.2) is 0 Å². The number of hydrogen-bond acceptors (Lipinski definition) is 2. The van der Waals surface area contributed by atoms with E-state index in [0.29, 0.717) is 12.5 Å². The van der Waals surface area contributed by atoms with Crippen LogP contribution in [0.3, 0.4) is 0 Å². The van der Waals surface area contributed by atoms with E-state index in [1.807, 2.05) is 12.1 Å². The Morgan fingerprint density at radius 2 is 1.35 bits per heavy atom. The number of benzene rings is 2. The van der Waals surface area contributed by atoms with Crippen LogP contribution in [-0.2, 0) is 4.79 Å². The van der Waals surface area contributed by atoms with E-state index in [9.17, 15) is 0 Å². The number of carboxylic acid groups (broad SMARTS) is 1. The van der Waals surface area contributed by atoms with E-state index in [1.54, 1.807) is 0 Å². The molecule has 20 heavy (non-hydrogen) atoms. The van der Waals surface area contributed by atoms with Crippen LogP contribution in [0, 0.1) is 0 Å². The Morgan fingerprint density at radius 1 is 1.00 bits per heavy atom. The van der Waals surface area contributed by atoms with Gasteiger partial charge in [0.05, 0.1) is 0 Å². The van der Waals surface area contributed by atoms with Crippen molar-refractivity contribution in [1.29, 1.82) is 0 Å². The molecule has 0 heterocycles. The fourth-order valence-corrected chi connectivity index (χ4v) is 2.06. The second-order valence-electron chi connectivity index (χ2n) is 4.47. The van der Waals surface area contributed by atoms with Crippen LogP contribution in [0.15, 0.2) is 60.7 Å². The Labute approximate surface area is 120 Å². The van der Waals surface area contributed by atoms with E-state index in [1.165, 1.54) is 11.1 Å². The van der Waals surface area contributed by atoms with Crippen molar-refractivity contribution in [3.63, 3.8) is 0 Å². The number of carboxylic acids is 1. The van der Waals surface area contributed by atoms with Gasteiger partial charge in [0, 0.05) is 12.8 Å². The van der Waals surface area contributed by atoms with Crippen molar-refractivity contribution in [3.8, 4) is 0 Å². The van der Waals surface area contributed by atoms with Crippen LogP contribution in [-0.4, -0.2) is 17.6 Å². The maximum atomic E-state index is 9.00. The number of hydrogen-bond donors (Lipinski definition) is 2. The molecule has 0 atom stereocenters. The van der Waals surface area contributed by atoms with Crippen molar-refractivity contribution >= 4 is 5.97 Å². The molecule has 0 aliphatic heterocycles. The van der Waals surface area contributed by atoms with Gasteiger partial charge in [-0.15, -0.1) is 0 Å². The molecule has 2 aromatic rings. The zero-order valence-corrected chi connectivity index (χ0v) is 11.7. The van der Waals surface area contributed by atoms with Gasteiger partial charge in [-0.3, -0.25) is 4.79 Å². The molecular formula is C17H21NO2. The van der Waals surface area contributed by atoms with Crippen molar-refractivity contribution in [2.75, 3.05) is 6.54 Å². The molecule has 0 radical (unpaired) electrons. The molecule has 3 heteroatoms. The minimum atomic E-state index is -0.833. The summed E-state index contributed by atoms with van der Waals surface area (Å²) in [5, 5.41) is 7.42. The van der Waals surface area contributed by atoms with Crippen molar-refractivity contribution in [2.45, 2.75) is 19.3 Å². The molecule has 0 amide bonds. The second kappa shape index (κ2) is 8.88. The first-order valence-electron chi connectivity index (χ1n) is 6.64. The molecule has 0 saturated heterocycles. The average Bonchev–Trinajstić information content (AvgIpc) is 2.46. The molecule has 0 aliphatic rings. The molecule has 0 spiro atoms. The summed E-state index contributed by atoms with van der Waals surface area (Å²) in [6.45, 7) is 1.80. The number of rotatable bonds is 4. The minimum Gasteiger partial charge on any atom is -0.481 e. The summed E-state index contributed by atoms with van der Waals surface area (Å²) in [5.41, 5.74) is 8.40. The van der Waals surface area contributed by atoms with Crippen LogP contribution in [0.25, 0.3) is 0 Å². The highest BCUT2D eigenvalue weighted by atomic mass is 16.4. The SMILES string of the molecule is CC(=O)O.NCCC(c1ccccc1)c1ccccc1. The monoisotopic (exact) mass is 271 g/mol. The summed E-state index contributed by atoms with van der Waals surface area (Å²) in [6.07, 6.45) is 0.994. The fourth-order valence-electron chi connectivity index (χ4n) is 2.06. The van der Waals surface area contributed by atoms with Gasteiger partial charge < -0.3 is 10.8 Å². The Balaban J connectivity index is 0.000000444. The predicted molar refractivity (Wildman–Crippen MR) is 81.7 cm³/mol. The summed E-state index contributed by atoms with van der Waals surface area (Å²) in [7, 11) is 0. The van der Waals surface area contributed by atoms with E-state index in [4.69, 9.17) is 15.6 Å². The maximum Gasteiger partial charge on any atom is 0.300 e. The van der Waals surface area contributed by atoms with Crippen LogP contribution < -0.4 is 5.73 Å². The molecule has 0 aliphatic carbocycles. The van der Waals surface area contributed by atoms with Crippen LogP contribution in [0.2, 0.25) is 0 Å². The smallest absolute Gasteiger partial charge is 0.300 e. The summed E-state index contributed by atoms with van der Waals surface area (Å²) in [6, 6.07) is 21.1. The fraction of sp³-hybridized carbons (Fsp3) is 0.235. The van der Waals surface area contributed by atoms with E-state index in [-0.39, 0.29) is 0 Å². The molecule has 106 valence electrons. The lowest BCUT2D eigenvalue weighted by molar-refractivity contribution is -0.134. The van der Waals surface area contributed by atoms with Gasteiger partial charge in [-0.1, -0.05) is 60.7 Å². The Hall–Kier alpha value is -2.13. The van der Waals surface area contributed by atoms with E-state index in [0.717, 1.165) is 13.3 Å². The van der Waals surface area contributed by atoms with E-state index in [2.05, 4.69) is 48.5 Å². The topological polar surface area (TPSA) is 63.3 Å². The molecule has 2 rings (SSSR count). The first kappa shape index (κ1) is 15.9. The molecule has 0 fully saturated rings. The van der Waals surface area contributed by atoms with E-state index >= 15 is 0 Å². The van der Waals surface area contributed by atoms with Gasteiger partial charge >= 0.3 is 0 Å². The van der Waals surface area contributed by atoms with Crippen molar-refractivity contribution in [3.05, 3.63) is 71.8 Å². The van der Waals surface area contributed by atoms with E-state index < -0.39 is 5.97 Å². The zero-order valence-electron chi connectivity index (χ0n) is 11.7. The Bertz CT molecular complexity index is 453. The van der Waals surface area contributed by atoms with Crippen LogP contribution in [0.5, 0.6) is 0 Å². The third-order valence-electron chi connectivity index (χ3n) is 2.86. The van der Waals surface area contributed by atoms with Gasteiger partial charge in [-0.2, -0.15) is 0 Å². The Morgan fingerprint density at radius 3 is 1.65 bits per heavy atom. The van der Waals surface area contributed by atoms with Crippen molar-refractivity contribution < 1.29 is 9.90 Å².